The highest BCUT2D eigenvalue weighted by Crippen LogP contribution is 2.18. The van der Waals surface area contributed by atoms with Crippen molar-refractivity contribution < 1.29 is 9.84 Å². The summed E-state index contributed by atoms with van der Waals surface area (Å²) in [7, 11) is 0. The van der Waals surface area contributed by atoms with E-state index in [2.05, 4.69) is 25.0 Å². The molecule has 3 heterocycles. The summed E-state index contributed by atoms with van der Waals surface area (Å²) in [6.45, 7) is 2.97. The summed E-state index contributed by atoms with van der Waals surface area (Å²) < 4.78 is 7.01. The number of ether oxygens (including phenoxy) is 1. The first-order valence-electron chi connectivity index (χ1n) is 6.53. The van der Waals surface area contributed by atoms with Crippen molar-refractivity contribution in [2.45, 2.75) is 19.1 Å². The number of nitrogens with zero attached hydrogens (tertiary/aromatic N) is 7. The van der Waals surface area contributed by atoms with Crippen LogP contribution in [-0.2, 0) is 4.74 Å². The van der Waals surface area contributed by atoms with E-state index in [1.807, 2.05) is 11.8 Å². The van der Waals surface area contributed by atoms with Crippen LogP contribution in [0, 0.1) is 0 Å². The molecule has 3 rings (SSSR count). The van der Waals surface area contributed by atoms with E-state index in [1.165, 1.54) is 17.3 Å². The molecule has 1 fully saturated rings. The highest BCUT2D eigenvalue weighted by molar-refractivity contribution is 5.38. The van der Waals surface area contributed by atoms with Gasteiger partial charge in [-0.05, 0) is 6.92 Å². The van der Waals surface area contributed by atoms with Crippen LogP contribution in [-0.4, -0.2) is 66.7 Å². The molecule has 2 unspecified atom stereocenters. The molecule has 0 radical (unpaired) electrons. The monoisotopic (exact) mass is 292 g/mol. The molecular weight excluding hydrogens is 276 g/mol. The number of nitrogens with two attached hydrogens (primary N) is 1. The van der Waals surface area contributed by atoms with Crippen molar-refractivity contribution in [1.29, 1.82) is 0 Å². The largest absolute Gasteiger partial charge is 0.394 e. The Hall–Kier alpha value is -2.33. The van der Waals surface area contributed by atoms with Crippen molar-refractivity contribution in [1.82, 2.24) is 29.7 Å². The Morgan fingerprint density at radius 3 is 2.86 bits per heavy atom. The van der Waals surface area contributed by atoms with Gasteiger partial charge in [0.2, 0.25) is 11.9 Å². The minimum Gasteiger partial charge on any atom is -0.394 e. The molecule has 10 heteroatoms. The lowest BCUT2D eigenvalue weighted by atomic mass is 10.2. The number of aliphatic hydroxyl groups is 1. The summed E-state index contributed by atoms with van der Waals surface area (Å²) >= 11 is 0. The average Bonchev–Trinajstić information content (AvgIpc) is 3.00. The van der Waals surface area contributed by atoms with Gasteiger partial charge in [-0.3, -0.25) is 0 Å². The van der Waals surface area contributed by atoms with Gasteiger partial charge in [0.1, 0.15) is 12.7 Å². The van der Waals surface area contributed by atoms with Crippen LogP contribution < -0.4 is 10.6 Å². The molecule has 1 aliphatic heterocycles. The fraction of sp³-hybridized carbons (Fsp3) is 0.545. The van der Waals surface area contributed by atoms with Gasteiger partial charge < -0.3 is 20.5 Å². The second-order valence-electron chi connectivity index (χ2n) is 4.79. The minimum absolute atomic E-state index is 0.0382. The van der Waals surface area contributed by atoms with Gasteiger partial charge in [0, 0.05) is 13.1 Å². The van der Waals surface area contributed by atoms with E-state index < -0.39 is 0 Å². The molecule has 2 aromatic rings. The van der Waals surface area contributed by atoms with Crippen LogP contribution in [0.15, 0.2) is 12.7 Å². The van der Waals surface area contributed by atoms with Crippen molar-refractivity contribution in [3.8, 4) is 5.95 Å². The smallest absolute Gasteiger partial charge is 0.258 e. The number of anilines is 2. The number of hydrogen-bond acceptors (Lipinski definition) is 9. The summed E-state index contributed by atoms with van der Waals surface area (Å²) in [6.07, 6.45) is 2.56. The summed E-state index contributed by atoms with van der Waals surface area (Å²) in [4.78, 5) is 18.3. The fourth-order valence-electron chi connectivity index (χ4n) is 2.23. The normalized spacial score (nSPS) is 22.5. The predicted molar refractivity (Wildman–Crippen MR) is 72.8 cm³/mol. The number of morpholine rings is 1. The van der Waals surface area contributed by atoms with E-state index in [9.17, 15) is 5.11 Å². The zero-order valence-electron chi connectivity index (χ0n) is 11.5. The molecule has 112 valence electrons. The van der Waals surface area contributed by atoms with Crippen molar-refractivity contribution >= 4 is 11.9 Å². The van der Waals surface area contributed by atoms with Crippen LogP contribution in [0.4, 0.5) is 11.9 Å². The Morgan fingerprint density at radius 1 is 1.33 bits per heavy atom. The second kappa shape index (κ2) is 5.58. The van der Waals surface area contributed by atoms with Gasteiger partial charge >= 0.3 is 0 Å². The lowest BCUT2D eigenvalue weighted by molar-refractivity contribution is -0.0425. The zero-order valence-corrected chi connectivity index (χ0v) is 11.5. The van der Waals surface area contributed by atoms with Gasteiger partial charge in [-0.1, -0.05) is 0 Å². The molecule has 21 heavy (non-hydrogen) atoms. The third kappa shape index (κ3) is 2.90. The van der Waals surface area contributed by atoms with E-state index >= 15 is 0 Å². The maximum absolute atomic E-state index is 9.28. The van der Waals surface area contributed by atoms with E-state index in [0.717, 1.165) is 0 Å². The van der Waals surface area contributed by atoms with Gasteiger partial charge in [-0.25, -0.2) is 4.98 Å². The van der Waals surface area contributed by atoms with Gasteiger partial charge in [0.15, 0.2) is 0 Å². The van der Waals surface area contributed by atoms with Crippen LogP contribution in [0.1, 0.15) is 6.92 Å². The lowest BCUT2D eigenvalue weighted by Gasteiger charge is -2.36. The van der Waals surface area contributed by atoms with E-state index in [-0.39, 0.29) is 24.8 Å². The molecule has 0 aliphatic carbocycles. The molecule has 1 aliphatic rings. The summed E-state index contributed by atoms with van der Waals surface area (Å²) in [5.41, 5.74) is 5.74. The molecule has 10 nitrogen and oxygen atoms in total. The van der Waals surface area contributed by atoms with Gasteiger partial charge in [-0.15, -0.1) is 0 Å². The zero-order chi connectivity index (χ0) is 14.8. The molecule has 0 bridgehead atoms. The molecule has 3 N–H and O–H groups in total. The number of hydrogen-bond donors (Lipinski definition) is 2. The topological polar surface area (TPSA) is 128 Å². The van der Waals surface area contributed by atoms with Crippen LogP contribution in [0.5, 0.6) is 0 Å². The Morgan fingerprint density at radius 2 is 2.14 bits per heavy atom. The van der Waals surface area contributed by atoms with Crippen LogP contribution in [0.3, 0.4) is 0 Å². The van der Waals surface area contributed by atoms with Crippen molar-refractivity contribution in [3.05, 3.63) is 12.7 Å². The van der Waals surface area contributed by atoms with E-state index in [0.29, 0.717) is 25.0 Å². The molecule has 0 amide bonds. The molecule has 2 atom stereocenters. The summed E-state index contributed by atoms with van der Waals surface area (Å²) in [5.74, 6) is 0.835. The second-order valence-corrected chi connectivity index (χ2v) is 4.79. The van der Waals surface area contributed by atoms with E-state index in [4.69, 9.17) is 10.5 Å². The number of aliphatic hydroxyl groups excluding tert-OH is 1. The average molecular weight is 292 g/mol. The van der Waals surface area contributed by atoms with Crippen LogP contribution >= 0.6 is 0 Å². The predicted octanol–water partition coefficient (Wildman–Crippen LogP) is -1.38. The lowest BCUT2D eigenvalue weighted by Crippen LogP contribution is -2.48. The third-order valence-electron chi connectivity index (χ3n) is 3.07. The van der Waals surface area contributed by atoms with Crippen LogP contribution in [0.2, 0.25) is 0 Å². The number of rotatable bonds is 3. The first kappa shape index (κ1) is 13.6. The fourth-order valence-corrected chi connectivity index (χ4v) is 2.23. The first-order valence-corrected chi connectivity index (χ1v) is 6.53. The number of nitrogen functional groups attached to an aromatic ring is 1. The minimum atomic E-state index is -0.276. The molecule has 1 saturated heterocycles. The molecule has 0 aromatic carbocycles. The first-order chi connectivity index (χ1) is 10.2. The summed E-state index contributed by atoms with van der Waals surface area (Å²) in [5, 5.41) is 13.3. The molecule has 2 aromatic heterocycles. The Labute approximate surface area is 120 Å². The third-order valence-corrected chi connectivity index (χ3v) is 3.07. The standard InChI is InChI=1S/C11H16N8O2/c1-7-2-18(3-8(4-20)21-7)10-15-9(12)16-11(17-10)19-6-13-5-14-19/h5-8,20H,2-4H2,1H3,(H2,12,15,16,17). The Balaban J connectivity index is 1.91. The molecule has 0 saturated carbocycles. The Kier molecular flexibility index (Phi) is 3.62. The van der Waals surface area contributed by atoms with Crippen LogP contribution in [0.25, 0.3) is 5.95 Å². The maximum Gasteiger partial charge on any atom is 0.258 e. The van der Waals surface area contributed by atoms with Crippen molar-refractivity contribution in [2.24, 2.45) is 0 Å². The molecule has 0 spiro atoms. The number of aromatic nitrogens is 6. The highest BCUT2D eigenvalue weighted by Gasteiger charge is 2.27. The summed E-state index contributed by atoms with van der Waals surface area (Å²) in [6, 6.07) is 0. The highest BCUT2D eigenvalue weighted by atomic mass is 16.5. The Bertz CT molecular complexity index is 604. The van der Waals surface area contributed by atoms with Gasteiger partial charge in [0.05, 0.1) is 18.8 Å². The van der Waals surface area contributed by atoms with Gasteiger partial charge in [-0.2, -0.15) is 24.7 Å². The SMILES string of the molecule is CC1CN(c2nc(N)nc(-n3cncn3)n2)CC(CO)O1. The van der Waals surface area contributed by atoms with Gasteiger partial charge in [0.25, 0.3) is 5.95 Å². The van der Waals surface area contributed by atoms with Crippen molar-refractivity contribution in [3.63, 3.8) is 0 Å². The van der Waals surface area contributed by atoms with E-state index in [1.54, 1.807) is 0 Å². The maximum atomic E-state index is 9.28. The van der Waals surface area contributed by atoms with Crippen molar-refractivity contribution in [2.75, 3.05) is 30.3 Å². The quantitative estimate of drug-likeness (QED) is 0.703. The molecular formula is C11H16N8O2.